The summed E-state index contributed by atoms with van der Waals surface area (Å²) in [5, 5.41) is 5.41. The van der Waals surface area contributed by atoms with Gasteiger partial charge in [-0.05, 0) is 24.6 Å². The summed E-state index contributed by atoms with van der Waals surface area (Å²) >= 11 is 0. The lowest BCUT2D eigenvalue weighted by molar-refractivity contribution is 0.241. The summed E-state index contributed by atoms with van der Waals surface area (Å²) in [6.07, 6.45) is 0. The number of urea groups is 1. The largest absolute Gasteiger partial charge is 0.497 e. The van der Waals surface area contributed by atoms with Gasteiger partial charge in [-0.25, -0.2) is 4.79 Å². The average Bonchev–Trinajstić information content (AvgIpc) is 2.27. The van der Waals surface area contributed by atoms with Crippen LogP contribution in [-0.2, 0) is 6.54 Å². The van der Waals surface area contributed by atoms with Crippen LogP contribution in [-0.4, -0.2) is 19.7 Å². The van der Waals surface area contributed by atoms with Crippen LogP contribution in [0.1, 0.15) is 12.5 Å². The Morgan fingerprint density at radius 1 is 1.27 bits per heavy atom. The van der Waals surface area contributed by atoms with Crippen molar-refractivity contribution < 1.29 is 9.53 Å². The molecule has 0 heterocycles. The fraction of sp³-hybridized carbons (Fsp3) is 0.364. The van der Waals surface area contributed by atoms with Crippen molar-refractivity contribution in [2.75, 3.05) is 13.7 Å². The van der Waals surface area contributed by atoms with Crippen molar-refractivity contribution in [1.82, 2.24) is 10.6 Å². The number of nitrogens with one attached hydrogen (secondary N) is 2. The van der Waals surface area contributed by atoms with Gasteiger partial charge in [0.1, 0.15) is 5.75 Å². The number of hydrogen-bond donors (Lipinski definition) is 2. The number of hydrogen-bond acceptors (Lipinski definition) is 2. The zero-order valence-electron chi connectivity index (χ0n) is 9.04. The molecule has 1 aromatic rings. The Hall–Kier alpha value is -1.71. The van der Waals surface area contributed by atoms with Crippen LogP contribution in [0.3, 0.4) is 0 Å². The molecule has 1 aromatic carbocycles. The smallest absolute Gasteiger partial charge is 0.315 e. The molecule has 0 radical (unpaired) electrons. The van der Waals surface area contributed by atoms with E-state index < -0.39 is 0 Å². The van der Waals surface area contributed by atoms with E-state index in [1.54, 1.807) is 7.11 Å². The van der Waals surface area contributed by atoms with Gasteiger partial charge in [0.2, 0.25) is 0 Å². The van der Waals surface area contributed by atoms with E-state index in [4.69, 9.17) is 4.74 Å². The van der Waals surface area contributed by atoms with Gasteiger partial charge >= 0.3 is 6.03 Å². The number of benzene rings is 1. The fourth-order valence-corrected chi connectivity index (χ4v) is 1.15. The summed E-state index contributed by atoms with van der Waals surface area (Å²) in [6.45, 7) is 3.04. The third kappa shape index (κ3) is 3.89. The number of carbonyl (C=O) groups is 1. The summed E-state index contributed by atoms with van der Waals surface area (Å²) in [5.74, 6) is 0.816. The van der Waals surface area contributed by atoms with Gasteiger partial charge < -0.3 is 15.4 Å². The highest BCUT2D eigenvalue weighted by molar-refractivity contribution is 5.73. The Kier molecular flexibility index (Phi) is 4.47. The van der Waals surface area contributed by atoms with E-state index in [1.807, 2.05) is 31.2 Å². The maximum Gasteiger partial charge on any atom is 0.315 e. The van der Waals surface area contributed by atoms with Crippen molar-refractivity contribution in [1.29, 1.82) is 0 Å². The van der Waals surface area contributed by atoms with Gasteiger partial charge in [0, 0.05) is 13.1 Å². The lowest BCUT2D eigenvalue weighted by Gasteiger charge is -2.06. The molecule has 0 aliphatic rings. The first-order valence-corrected chi connectivity index (χ1v) is 4.91. The minimum absolute atomic E-state index is 0.145. The molecule has 0 saturated heterocycles. The molecule has 2 amide bonds. The first-order chi connectivity index (χ1) is 7.26. The SMILES string of the molecule is CCNC(=O)NCc1ccc(OC)cc1. The average molecular weight is 208 g/mol. The van der Waals surface area contributed by atoms with Crippen LogP contribution in [0.25, 0.3) is 0 Å². The maximum atomic E-state index is 11.1. The lowest BCUT2D eigenvalue weighted by Crippen LogP contribution is -2.34. The Morgan fingerprint density at radius 2 is 1.93 bits per heavy atom. The highest BCUT2D eigenvalue weighted by Gasteiger charge is 1.98. The molecule has 4 nitrogen and oxygen atoms in total. The number of carbonyl (C=O) groups excluding carboxylic acids is 1. The van der Waals surface area contributed by atoms with Crippen LogP contribution in [0, 0.1) is 0 Å². The van der Waals surface area contributed by atoms with Crippen LogP contribution in [0.15, 0.2) is 24.3 Å². The van der Waals surface area contributed by atoms with Crippen molar-refractivity contribution in [3.8, 4) is 5.75 Å². The van der Waals surface area contributed by atoms with E-state index in [9.17, 15) is 4.79 Å². The molecule has 0 atom stereocenters. The highest BCUT2D eigenvalue weighted by Crippen LogP contribution is 2.10. The van der Waals surface area contributed by atoms with Gasteiger partial charge in [-0.15, -0.1) is 0 Å². The van der Waals surface area contributed by atoms with Crippen molar-refractivity contribution in [3.05, 3.63) is 29.8 Å². The predicted molar refractivity (Wildman–Crippen MR) is 58.9 cm³/mol. The molecule has 0 bridgehead atoms. The van der Waals surface area contributed by atoms with E-state index in [-0.39, 0.29) is 6.03 Å². The molecule has 2 N–H and O–H groups in total. The summed E-state index contributed by atoms with van der Waals surface area (Å²) < 4.78 is 5.03. The number of methoxy groups -OCH3 is 1. The summed E-state index contributed by atoms with van der Waals surface area (Å²) in [6, 6.07) is 7.44. The molecule has 0 unspecified atom stereocenters. The number of amides is 2. The standard InChI is InChI=1S/C11H16N2O2/c1-3-12-11(14)13-8-9-4-6-10(15-2)7-5-9/h4-7H,3,8H2,1-2H3,(H2,12,13,14). The minimum Gasteiger partial charge on any atom is -0.497 e. The molecule has 0 fully saturated rings. The third-order valence-electron chi connectivity index (χ3n) is 1.95. The molecule has 15 heavy (non-hydrogen) atoms. The molecule has 0 spiro atoms. The zero-order valence-corrected chi connectivity index (χ0v) is 9.04. The van der Waals surface area contributed by atoms with Gasteiger partial charge in [-0.2, -0.15) is 0 Å². The maximum absolute atomic E-state index is 11.1. The van der Waals surface area contributed by atoms with E-state index in [0.717, 1.165) is 11.3 Å². The van der Waals surface area contributed by atoms with E-state index >= 15 is 0 Å². The van der Waals surface area contributed by atoms with Crippen molar-refractivity contribution in [2.45, 2.75) is 13.5 Å². The Labute approximate surface area is 89.6 Å². The Balaban J connectivity index is 2.40. The molecule has 0 saturated carbocycles. The predicted octanol–water partition coefficient (Wildman–Crippen LogP) is 1.51. The Morgan fingerprint density at radius 3 is 2.47 bits per heavy atom. The minimum atomic E-state index is -0.145. The van der Waals surface area contributed by atoms with Crippen molar-refractivity contribution >= 4 is 6.03 Å². The molecule has 1 rings (SSSR count). The van der Waals surface area contributed by atoms with Crippen LogP contribution in [0.2, 0.25) is 0 Å². The molecule has 82 valence electrons. The van der Waals surface area contributed by atoms with E-state index in [2.05, 4.69) is 10.6 Å². The second-order valence-corrected chi connectivity index (χ2v) is 3.06. The Bertz CT molecular complexity index is 309. The monoisotopic (exact) mass is 208 g/mol. The summed E-state index contributed by atoms with van der Waals surface area (Å²) in [5.41, 5.74) is 1.04. The lowest BCUT2D eigenvalue weighted by atomic mass is 10.2. The number of rotatable bonds is 4. The summed E-state index contributed by atoms with van der Waals surface area (Å²) in [4.78, 5) is 11.1. The fourth-order valence-electron chi connectivity index (χ4n) is 1.15. The first kappa shape index (κ1) is 11.4. The molecule has 4 heteroatoms. The van der Waals surface area contributed by atoms with Gasteiger partial charge in [0.05, 0.1) is 7.11 Å². The quantitative estimate of drug-likeness (QED) is 0.788. The zero-order chi connectivity index (χ0) is 11.1. The second-order valence-electron chi connectivity index (χ2n) is 3.06. The molecular formula is C11H16N2O2. The van der Waals surface area contributed by atoms with E-state index in [1.165, 1.54) is 0 Å². The second kappa shape index (κ2) is 5.90. The molecular weight excluding hydrogens is 192 g/mol. The van der Waals surface area contributed by atoms with Gasteiger partial charge in [0.25, 0.3) is 0 Å². The van der Waals surface area contributed by atoms with Crippen molar-refractivity contribution in [2.24, 2.45) is 0 Å². The molecule has 0 aromatic heterocycles. The summed E-state index contributed by atoms with van der Waals surface area (Å²) in [7, 11) is 1.63. The van der Waals surface area contributed by atoms with Gasteiger partial charge in [-0.1, -0.05) is 12.1 Å². The third-order valence-corrected chi connectivity index (χ3v) is 1.95. The highest BCUT2D eigenvalue weighted by atomic mass is 16.5. The first-order valence-electron chi connectivity index (χ1n) is 4.91. The van der Waals surface area contributed by atoms with E-state index in [0.29, 0.717) is 13.1 Å². The van der Waals surface area contributed by atoms with Crippen LogP contribution in [0.5, 0.6) is 5.75 Å². The normalized spacial score (nSPS) is 9.47. The van der Waals surface area contributed by atoms with Gasteiger partial charge in [-0.3, -0.25) is 0 Å². The van der Waals surface area contributed by atoms with Crippen LogP contribution >= 0.6 is 0 Å². The topological polar surface area (TPSA) is 50.4 Å². The van der Waals surface area contributed by atoms with Crippen molar-refractivity contribution in [3.63, 3.8) is 0 Å². The molecule has 0 aliphatic carbocycles. The number of ether oxygens (including phenoxy) is 1. The van der Waals surface area contributed by atoms with Gasteiger partial charge in [0.15, 0.2) is 0 Å². The van der Waals surface area contributed by atoms with Crippen LogP contribution < -0.4 is 15.4 Å². The molecule has 0 aliphatic heterocycles. The van der Waals surface area contributed by atoms with Crippen LogP contribution in [0.4, 0.5) is 4.79 Å².